The maximum atomic E-state index is 8.63. The van der Waals surface area contributed by atoms with Gasteiger partial charge in [-0.3, -0.25) is 4.90 Å². The van der Waals surface area contributed by atoms with Crippen LogP contribution >= 0.6 is 0 Å². The molecular weight excluding hydrogens is 198 g/mol. The third-order valence-electron chi connectivity index (χ3n) is 2.94. The predicted octanol–water partition coefficient (Wildman–Crippen LogP) is 2.15. The first-order chi connectivity index (χ1) is 7.79. The molecule has 16 heavy (non-hydrogen) atoms. The van der Waals surface area contributed by atoms with E-state index in [-0.39, 0.29) is 0 Å². The van der Waals surface area contributed by atoms with Gasteiger partial charge in [-0.15, -0.1) is 0 Å². The van der Waals surface area contributed by atoms with E-state index in [1.807, 2.05) is 12.1 Å². The van der Waals surface area contributed by atoms with Crippen molar-refractivity contribution in [3.05, 3.63) is 29.8 Å². The third kappa shape index (κ3) is 2.98. The molecule has 3 heteroatoms. The van der Waals surface area contributed by atoms with Crippen molar-refractivity contribution in [1.82, 2.24) is 4.90 Å². The number of rotatable bonds is 5. The minimum absolute atomic E-state index is 0.617. The van der Waals surface area contributed by atoms with Crippen LogP contribution in [-0.2, 0) is 6.54 Å². The Hall–Kier alpha value is -1.53. The van der Waals surface area contributed by atoms with E-state index >= 15 is 0 Å². The van der Waals surface area contributed by atoms with Crippen molar-refractivity contribution in [2.24, 2.45) is 0 Å². The van der Waals surface area contributed by atoms with Gasteiger partial charge in [0.2, 0.25) is 0 Å². The minimum atomic E-state index is 0.617. The van der Waals surface area contributed by atoms with Crippen molar-refractivity contribution in [3.63, 3.8) is 0 Å². The zero-order chi connectivity index (χ0) is 11.4. The minimum Gasteiger partial charge on any atom is -0.399 e. The van der Waals surface area contributed by atoms with Gasteiger partial charge in [0.15, 0.2) is 0 Å². The highest BCUT2D eigenvalue weighted by molar-refractivity contribution is 5.39. The Morgan fingerprint density at radius 2 is 2.00 bits per heavy atom. The van der Waals surface area contributed by atoms with Crippen LogP contribution in [0, 0.1) is 11.3 Å². The van der Waals surface area contributed by atoms with Gasteiger partial charge < -0.3 is 5.73 Å². The van der Waals surface area contributed by atoms with E-state index in [9.17, 15) is 0 Å². The molecule has 0 unspecified atom stereocenters. The SMILES string of the molecule is N#CCCN(Cc1ccc(N)cc1)C1CC1. The third-order valence-corrected chi connectivity index (χ3v) is 2.94. The van der Waals surface area contributed by atoms with Gasteiger partial charge in [0.1, 0.15) is 0 Å². The van der Waals surface area contributed by atoms with Gasteiger partial charge in [-0.2, -0.15) is 5.26 Å². The van der Waals surface area contributed by atoms with Crippen LogP contribution in [-0.4, -0.2) is 17.5 Å². The van der Waals surface area contributed by atoms with Gasteiger partial charge in [0, 0.05) is 31.2 Å². The number of hydrogen-bond acceptors (Lipinski definition) is 3. The Labute approximate surface area is 96.5 Å². The van der Waals surface area contributed by atoms with E-state index in [2.05, 4.69) is 23.1 Å². The normalized spacial score (nSPS) is 15.0. The molecule has 0 aliphatic heterocycles. The zero-order valence-corrected chi connectivity index (χ0v) is 9.39. The second-order valence-electron chi connectivity index (χ2n) is 4.35. The van der Waals surface area contributed by atoms with Crippen LogP contribution in [0.2, 0.25) is 0 Å². The Morgan fingerprint density at radius 1 is 1.31 bits per heavy atom. The first-order valence-corrected chi connectivity index (χ1v) is 5.75. The van der Waals surface area contributed by atoms with Crippen LogP contribution in [0.5, 0.6) is 0 Å². The lowest BCUT2D eigenvalue weighted by atomic mass is 10.2. The maximum absolute atomic E-state index is 8.63. The van der Waals surface area contributed by atoms with Crippen molar-refractivity contribution < 1.29 is 0 Å². The maximum Gasteiger partial charge on any atom is 0.0635 e. The molecule has 0 aromatic heterocycles. The highest BCUT2D eigenvalue weighted by Gasteiger charge is 2.28. The topological polar surface area (TPSA) is 53.0 Å². The molecule has 0 saturated heterocycles. The monoisotopic (exact) mass is 215 g/mol. The van der Waals surface area contributed by atoms with Gasteiger partial charge in [-0.25, -0.2) is 0 Å². The summed E-state index contributed by atoms with van der Waals surface area (Å²) in [6.45, 7) is 1.82. The Morgan fingerprint density at radius 3 is 2.56 bits per heavy atom. The van der Waals surface area contributed by atoms with Crippen molar-refractivity contribution in [1.29, 1.82) is 5.26 Å². The quantitative estimate of drug-likeness (QED) is 0.766. The molecule has 1 aliphatic carbocycles. The second kappa shape index (κ2) is 5.00. The molecule has 1 saturated carbocycles. The van der Waals surface area contributed by atoms with Crippen LogP contribution in [0.15, 0.2) is 24.3 Å². The first-order valence-electron chi connectivity index (χ1n) is 5.75. The molecule has 0 radical (unpaired) electrons. The molecule has 2 rings (SSSR count). The molecule has 1 aromatic carbocycles. The number of nitriles is 1. The molecule has 0 amide bonds. The molecule has 0 heterocycles. The van der Waals surface area contributed by atoms with Gasteiger partial charge in [-0.05, 0) is 30.5 Å². The summed E-state index contributed by atoms with van der Waals surface area (Å²) >= 11 is 0. The molecule has 1 fully saturated rings. The summed E-state index contributed by atoms with van der Waals surface area (Å²) in [5.41, 5.74) is 7.73. The highest BCUT2D eigenvalue weighted by atomic mass is 15.2. The molecule has 2 N–H and O–H groups in total. The van der Waals surface area contributed by atoms with E-state index in [0.717, 1.165) is 18.8 Å². The van der Waals surface area contributed by atoms with Crippen LogP contribution < -0.4 is 5.73 Å². The molecule has 1 aliphatic rings. The highest BCUT2D eigenvalue weighted by Crippen LogP contribution is 2.28. The fourth-order valence-corrected chi connectivity index (χ4v) is 1.88. The van der Waals surface area contributed by atoms with Crippen LogP contribution in [0.4, 0.5) is 5.69 Å². The summed E-state index contributed by atoms with van der Waals surface area (Å²) in [5.74, 6) is 0. The number of anilines is 1. The molecule has 3 nitrogen and oxygen atoms in total. The summed E-state index contributed by atoms with van der Waals surface area (Å²) in [5, 5.41) is 8.63. The number of nitrogen functional groups attached to an aromatic ring is 1. The second-order valence-corrected chi connectivity index (χ2v) is 4.35. The standard InChI is InChI=1S/C13H17N3/c14-8-1-9-16(13-6-7-13)10-11-2-4-12(15)5-3-11/h2-5,13H,1,6-7,9-10,15H2. The number of hydrogen-bond donors (Lipinski definition) is 1. The number of nitrogens with two attached hydrogens (primary N) is 1. The van der Waals surface area contributed by atoms with Gasteiger partial charge in [0.25, 0.3) is 0 Å². The van der Waals surface area contributed by atoms with Crippen molar-refractivity contribution in [3.8, 4) is 6.07 Å². The lowest BCUT2D eigenvalue weighted by molar-refractivity contribution is 0.261. The van der Waals surface area contributed by atoms with Crippen molar-refractivity contribution in [2.45, 2.75) is 31.8 Å². The van der Waals surface area contributed by atoms with Gasteiger partial charge in [-0.1, -0.05) is 12.1 Å². The summed E-state index contributed by atoms with van der Waals surface area (Å²) in [6.07, 6.45) is 3.17. The van der Waals surface area contributed by atoms with Crippen molar-refractivity contribution in [2.75, 3.05) is 12.3 Å². The zero-order valence-electron chi connectivity index (χ0n) is 9.39. The van der Waals surface area contributed by atoms with Crippen molar-refractivity contribution >= 4 is 5.69 Å². The van der Waals surface area contributed by atoms with Gasteiger partial charge in [0.05, 0.1) is 6.07 Å². The Bertz CT molecular complexity index is 373. The average molecular weight is 215 g/mol. The fourth-order valence-electron chi connectivity index (χ4n) is 1.88. The first kappa shape index (κ1) is 11.0. The number of benzene rings is 1. The summed E-state index contributed by atoms with van der Waals surface area (Å²) in [6, 6.07) is 10.9. The van der Waals surface area contributed by atoms with E-state index in [1.54, 1.807) is 0 Å². The molecule has 84 valence electrons. The molecular formula is C13H17N3. The van der Waals surface area contributed by atoms with E-state index in [0.29, 0.717) is 12.5 Å². The molecule has 0 spiro atoms. The lowest BCUT2D eigenvalue weighted by Crippen LogP contribution is -2.26. The van der Waals surface area contributed by atoms with E-state index < -0.39 is 0 Å². The molecule has 0 bridgehead atoms. The largest absolute Gasteiger partial charge is 0.399 e. The Balaban J connectivity index is 1.94. The smallest absolute Gasteiger partial charge is 0.0635 e. The summed E-state index contributed by atoms with van der Waals surface area (Å²) in [7, 11) is 0. The van der Waals surface area contributed by atoms with Crippen LogP contribution in [0.25, 0.3) is 0 Å². The number of nitrogens with zero attached hydrogens (tertiary/aromatic N) is 2. The van der Waals surface area contributed by atoms with E-state index in [4.69, 9.17) is 11.0 Å². The molecule has 0 atom stereocenters. The average Bonchev–Trinajstić information content (AvgIpc) is 3.11. The summed E-state index contributed by atoms with van der Waals surface area (Å²) < 4.78 is 0. The van der Waals surface area contributed by atoms with E-state index in [1.165, 1.54) is 18.4 Å². The molecule has 1 aromatic rings. The summed E-state index contributed by atoms with van der Waals surface area (Å²) in [4.78, 5) is 2.40. The van der Waals surface area contributed by atoms with Gasteiger partial charge >= 0.3 is 0 Å². The fraction of sp³-hybridized carbons (Fsp3) is 0.462. The van der Waals surface area contributed by atoms with Crippen LogP contribution in [0.3, 0.4) is 0 Å². The predicted molar refractivity (Wildman–Crippen MR) is 64.5 cm³/mol. The Kier molecular flexibility index (Phi) is 3.43. The van der Waals surface area contributed by atoms with Crippen LogP contribution in [0.1, 0.15) is 24.8 Å². The lowest BCUT2D eigenvalue weighted by Gasteiger charge is -2.20.